The molecule has 1 saturated heterocycles. The maximum Gasteiger partial charge on any atom is 0.314 e. The fraction of sp³-hybridized carbons (Fsp3) is 0.217. The molecule has 0 aliphatic carbocycles. The monoisotopic (exact) mass is 498 g/mol. The summed E-state index contributed by atoms with van der Waals surface area (Å²) >= 11 is 3.46. The molecule has 0 N–H and O–H groups in total. The summed E-state index contributed by atoms with van der Waals surface area (Å²) in [5, 5.41) is 2.07. The minimum atomic E-state index is -3.64. The molecule has 8 heteroatoms. The van der Waals surface area contributed by atoms with Gasteiger partial charge < -0.3 is 9.64 Å². The predicted octanol–water partition coefficient (Wildman–Crippen LogP) is 4.37. The molecule has 0 bridgehead atoms. The Morgan fingerprint density at radius 1 is 1.00 bits per heavy atom. The van der Waals surface area contributed by atoms with Crippen molar-refractivity contribution in [1.82, 2.24) is 4.90 Å². The number of hydrogen-bond donors (Lipinski definition) is 0. The Bertz CT molecular complexity index is 1330. The second-order valence-electron chi connectivity index (χ2n) is 7.72. The van der Waals surface area contributed by atoms with Gasteiger partial charge in [-0.3, -0.25) is 4.79 Å². The lowest BCUT2D eigenvalue weighted by Gasteiger charge is -2.32. The minimum absolute atomic E-state index is 0.231. The lowest BCUT2D eigenvalue weighted by Crippen LogP contribution is -2.41. The van der Waals surface area contributed by atoms with Crippen molar-refractivity contribution in [2.45, 2.75) is 17.7 Å². The summed E-state index contributed by atoms with van der Waals surface area (Å²) in [5.41, 5.74) is 0.631. The topological polar surface area (TPSA) is 76.0 Å². The number of ether oxygens (including phenoxy) is 1. The van der Waals surface area contributed by atoms with Crippen LogP contribution in [0.4, 0.5) is 0 Å². The Morgan fingerprint density at radius 2 is 1.71 bits per heavy atom. The van der Waals surface area contributed by atoms with Crippen molar-refractivity contribution in [2.24, 2.45) is 10.3 Å². The number of amidine groups is 1. The van der Waals surface area contributed by atoms with Gasteiger partial charge in [0.15, 0.2) is 5.84 Å². The molecule has 2 aliphatic rings. The van der Waals surface area contributed by atoms with Crippen molar-refractivity contribution in [1.29, 1.82) is 0 Å². The van der Waals surface area contributed by atoms with Gasteiger partial charge in [-0.2, -0.15) is 8.42 Å². The molecule has 0 radical (unpaired) electrons. The lowest BCUT2D eigenvalue weighted by atomic mass is 9.96. The number of benzene rings is 3. The van der Waals surface area contributed by atoms with Crippen LogP contribution < -0.4 is 4.74 Å². The Balaban J connectivity index is 1.26. The molecule has 0 spiro atoms. The zero-order chi connectivity index (χ0) is 21.6. The Hall–Kier alpha value is -2.71. The van der Waals surface area contributed by atoms with Crippen molar-refractivity contribution in [3.05, 3.63) is 70.7 Å². The molecule has 0 atom stereocenters. The standard InChI is InChI=1S/C23H19BrN2O4S/c24-18-7-5-17-14-19(8-6-16(17)13-18)30-23(27)15-9-11-26(12-10-15)22-20-3-1-2-4-21(20)31(28,29)25-22/h1-8,13-15H,9-12H2. The van der Waals surface area contributed by atoms with E-state index in [0.29, 0.717) is 43.1 Å². The Kier molecular flexibility index (Phi) is 5.06. The second-order valence-corrected chi connectivity index (χ2v) is 10.2. The first-order chi connectivity index (χ1) is 14.9. The SMILES string of the molecule is O=C(Oc1ccc2cc(Br)ccc2c1)C1CCN(C2=NS(=O)(=O)c3ccccc32)CC1. The van der Waals surface area contributed by atoms with Gasteiger partial charge in [-0.1, -0.05) is 40.2 Å². The molecule has 2 heterocycles. The average Bonchev–Trinajstić information content (AvgIpc) is 3.05. The van der Waals surface area contributed by atoms with E-state index in [2.05, 4.69) is 20.3 Å². The highest BCUT2D eigenvalue weighted by Gasteiger charge is 2.34. The fourth-order valence-corrected chi connectivity index (χ4v) is 5.71. The van der Waals surface area contributed by atoms with Gasteiger partial charge in [0, 0.05) is 23.1 Å². The van der Waals surface area contributed by atoms with E-state index >= 15 is 0 Å². The number of piperidine rings is 1. The van der Waals surface area contributed by atoms with Gasteiger partial charge in [0.2, 0.25) is 0 Å². The van der Waals surface area contributed by atoms with Crippen molar-refractivity contribution < 1.29 is 17.9 Å². The van der Waals surface area contributed by atoms with Gasteiger partial charge in [0.25, 0.3) is 10.0 Å². The van der Waals surface area contributed by atoms with Crippen LogP contribution in [0, 0.1) is 5.92 Å². The molecule has 0 unspecified atom stereocenters. The first-order valence-corrected chi connectivity index (χ1v) is 12.2. The highest BCUT2D eigenvalue weighted by atomic mass is 79.9. The summed E-state index contributed by atoms with van der Waals surface area (Å²) < 4.78 is 35.2. The number of likely N-dealkylation sites (tertiary alicyclic amines) is 1. The van der Waals surface area contributed by atoms with E-state index in [1.54, 1.807) is 24.3 Å². The molecule has 1 fully saturated rings. The number of rotatable bonds is 2. The molecule has 3 aromatic carbocycles. The van der Waals surface area contributed by atoms with Crippen LogP contribution in [0.25, 0.3) is 10.8 Å². The Labute approximate surface area is 188 Å². The second kappa shape index (κ2) is 7.76. The third-order valence-electron chi connectivity index (χ3n) is 5.73. The fourth-order valence-electron chi connectivity index (χ4n) is 4.10. The third kappa shape index (κ3) is 3.85. The summed E-state index contributed by atoms with van der Waals surface area (Å²) in [7, 11) is -3.64. The van der Waals surface area contributed by atoms with Crippen LogP contribution in [0.2, 0.25) is 0 Å². The number of carbonyl (C=O) groups excluding carboxylic acids is 1. The average molecular weight is 499 g/mol. The van der Waals surface area contributed by atoms with Gasteiger partial charge in [-0.25, -0.2) is 0 Å². The van der Waals surface area contributed by atoms with Crippen LogP contribution in [-0.2, 0) is 14.8 Å². The molecule has 2 aliphatic heterocycles. The number of halogens is 1. The highest BCUT2D eigenvalue weighted by molar-refractivity contribution is 9.10. The summed E-state index contributed by atoms with van der Waals surface area (Å²) in [5.74, 6) is 0.522. The van der Waals surface area contributed by atoms with Crippen LogP contribution in [-0.4, -0.2) is 38.2 Å². The first kappa shape index (κ1) is 20.2. The van der Waals surface area contributed by atoms with E-state index in [-0.39, 0.29) is 16.8 Å². The summed E-state index contributed by atoms with van der Waals surface area (Å²) in [6.07, 6.45) is 1.17. The quantitative estimate of drug-likeness (QED) is 0.387. The minimum Gasteiger partial charge on any atom is -0.426 e. The van der Waals surface area contributed by atoms with Gasteiger partial charge in [-0.05, 0) is 60.0 Å². The first-order valence-electron chi connectivity index (χ1n) is 10.0. The van der Waals surface area contributed by atoms with E-state index in [1.165, 1.54) is 0 Å². The van der Waals surface area contributed by atoms with E-state index in [0.717, 1.165) is 15.2 Å². The highest BCUT2D eigenvalue weighted by Crippen LogP contribution is 2.30. The predicted molar refractivity (Wildman–Crippen MR) is 122 cm³/mol. The number of fused-ring (bicyclic) bond motifs is 2. The lowest BCUT2D eigenvalue weighted by molar-refractivity contribution is -0.140. The zero-order valence-corrected chi connectivity index (χ0v) is 18.9. The van der Waals surface area contributed by atoms with Crippen LogP contribution in [0.3, 0.4) is 0 Å². The zero-order valence-electron chi connectivity index (χ0n) is 16.5. The maximum absolute atomic E-state index is 12.7. The normalized spacial score (nSPS) is 18.0. The van der Waals surface area contributed by atoms with E-state index in [1.807, 2.05) is 41.3 Å². The molecule has 0 aromatic heterocycles. The molecule has 5 rings (SSSR count). The van der Waals surface area contributed by atoms with Gasteiger partial charge in [0.05, 0.1) is 5.92 Å². The summed E-state index contributed by atoms with van der Waals surface area (Å²) in [6.45, 7) is 1.10. The Morgan fingerprint density at radius 3 is 2.52 bits per heavy atom. The number of nitrogens with zero attached hydrogens (tertiary/aromatic N) is 2. The van der Waals surface area contributed by atoms with E-state index < -0.39 is 10.0 Å². The van der Waals surface area contributed by atoms with Crippen molar-refractivity contribution in [3.8, 4) is 5.75 Å². The van der Waals surface area contributed by atoms with Crippen molar-refractivity contribution in [3.63, 3.8) is 0 Å². The van der Waals surface area contributed by atoms with Crippen molar-refractivity contribution >= 4 is 48.5 Å². The van der Waals surface area contributed by atoms with Crippen LogP contribution in [0.5, 0.6) is 5.75 Å². The molecule has 158 valence electrons. The van der Waals surface area contributed by atoms with E-state index in [9.17, 15) is 13.2 Å². The van der Waals surface area contributed by atoms with Gasteiger partial charge in [-0.15, -0.1) is 4.40 Å². The number of carbonyl (C=O) groups is 1. The third-order valence-corrected chi connectivity index (χ3v) is 7.55. The number of hydrogen-bond acceptors (Lipinski definition) is 5. The largest absolute Gasteiger partial charge is 0.426 e. The van der Waals surface area contributed by atoms with Crippen LogP contribution in [0.1, 0.15) is 18.4 Å². The van der Waals surface area contributed by atoms with Gasteiger partial charge in [0.1, 0.15) is 10.6 Å². The summed E-state index contributed by atoms with van der Waals surface area (Å²) in [4.78, 5) is 14.9. The summed E-state index contributed by atoms with van der Waals surface area (Å²) in [6, 6.07) is 18.4. The van der Waals surface area contributed by atoms with Gasteiger partial charge >= 0.3 is 5.97 Å². The molecule has 31 heavy (non-hydrogen) atoms. The van der Waals surface area contributed by atoms with E-state index in [4.69, 9.17) is 4.74 Å². The molecular weight excluding hydrogens is 480 g/mol. The van der Waals surface area contributed by atoms with Crippen molar-refractivity contribution in [2.75, 3.05) is 13.1 Å². The maximum atomic E-state index is 12.7. The molecule has 0 amide bonds. The van der Waals surface area contributed by atoms with Crippen LogP contribution >= 0.6 is 15.9 Å². The number of sulfonamides is 1. The molecule has 3 aromatic rings. The molecule has 6 nitrogen and oxygen atoms in total. The van der Waals surface area contributed by atoms with Crippen LogP contribution in [0.15, 0.2) is 74.4 Å². The molecule has 0 saturated carbocycles. The molecular formula is C23H19BrN2O4S. The smallest absolute Gasteiger partial charge is 0.314 e. The number of esters is 1.